The van der Waals surface area contributed by atoms with Gasteiger partial charge in [-0.2, -0.15) is 5.10 Å². The van der Waals surface area contributed by atoms with E-state index < -0.39 is 12.0 Å². The van der Waals surface area contributed by atoms with Crippen molar-refractivity contribution in [2.24, 2.45) is 0 Å². The highest BCUT2D eigenvalue weighted by molar-refractivity contribution is 5.80. The molecule has 1 amide bonds. The maximum Gasteiger partial charge on any atom is 0.307 e. The Kier molecular flexibility index (Phi) is 5.09. The highest BCUT2D eigenvalue weighted by Crippen LogP contribution is 2.18. The predicted molar refractivity (Wildman–Crippen MR) is 71.1 cm³/mol. The number of aromatic nitrogens is 2. The number of amides is 1. The lowest BCUT2D eigenvalue weighted by atomic mass is 10.1. The van der Waals surface area contributed by atoms with Gasteiger partial charge in [0.05, 0.1) is 12.1 Å². The molecule has 106 valence electrons. The van der Waals surface area contributed by atoms with Gasteiger partial charge in [0.25, 0.3) is 0 Å². The van der Waals surface area contributed by atoms with E-state index in [1.807, 2.05) is 6.92 Å². The number of carboxylic acids is 1. The fourth-order valence-electron chi connectivity index (χ4n) is 1.99. The first-order valence-electron chi connectivity index (χ1n) is 6.42. The van der Waals surface area contributed by atoms with E-state index >= 15 is 0 Å². The van der Waals surface area contributed by atoms with Gasteiger partial charge in [-0.25, -0.2) is 0 Å². The second kappa shape index (κ2) is 6.36. The summed E-state index contributed by atoms with van der Waals surface area (Å²) in [6, 6.07) is -0.437. The number of rotatable bonds is 6. The topological polar surface area (TPSA) is 84.2 Å². The van der Waals surface area contributed by atoms with E-state index in [4.69, 9.17) is 5.11 Å². The molecule has 1 atom stereocenters. The van der Waals surface area contributed by atoms with Gasteiger partial charge in [0.15, 0.2) is 0 Å². The van der Waals surface area contributed by atoms with Crippen LogP contribution in [0.4, 0.5) is 0 Å². The molecule has 0 radical (unpaired) electrons. The number of nitrogens with zero attached hydrogens (tertiary/aromatic N) is 2. The van der Waals surface area contributed by atoms with Gasteiger partial charge >= 0.3 is 5.97 Å². The molecule has 6 nitrogen and oxygen atoms in total. The number of aliphatic carboxylic acids is 1. The van der Waals surface area contributed by atoms with Crippen LogP contribution in [0, 0.1) is 13.8 Å². The van der Waals surface area contributed by atoms with Crippen molar-refractivity contribution in [1.29, 1.82) is 0 Å². The van der Waals surface area contributed by atoms with Gasteiger partial charge in [-0.1, -0.05) is 6.92 Å². The largest absolute Gasteiger partial charge is 0.481 e. The first-order chi connectivity index (χ1) is 8.88. The summed E-state index contributed by atoms with van der Waals surface area (Å²) in [4.78, 5) is 22.7. The molecule has 2 N–H and O–H groups in total. The highest BCUT2D eigenvalue weighted by atomic mass is 16.4. The normalized spacial score (nSPS) is 12.2. The molecule has 19 heavy (non-hydrogen) atoms. The average molecular weight is 267 g/mol. The molecule has 6 heteroatoms. The van der Waals surface area contributed by atoms with E-state index in [9.17, 15) is 9.59 Å². The summed E-state index contributed by atoms with van der Waals surface area (Å²) in [7, 11) is 0. The minimum Gasteiger partial charge on any atom is -0.481 e. The summed E-state index contributed by atoms with van der Waals surface area (Å²) in [5.41, 5.74) is 2.08. The molecule has 0 aromatic carbocycles. The molecular formula is C13H21N3O3. The van der Waals surface area contributed by atoms with Crippen molar-refractivity contribution in [3.05, 3.63) is 17.0 Å². The monoisotopic (exact) mass is 267 g/mol. The summed E-state index contributed by atoms with van der Waals surface area (Å²) in [5, 5.41) is 16.0. The summed E-state index contributed by atoms with van der Waals surface area (Å²) in [6.45, 7) is 7.93. The lowest BCUT2D eigenvalue weighted by molar-refractivity contribution is -0.136. The lowest BCUT2D eigenvalue weighted by Crippen LogP contribution is -2.32. The van der Waals surface area contributed by atoms with E-state index in [2.05, 4.69) is 10.4 Å². The third-order valence-electron chi connectivity index (χ3n) is 3.10. The molecule has 0 fully saturated rings. The Bertz CT molecular complexity index is 480. The van der Waals surface area contributed by atoms with Crippen LogP contribution in [-0.4, -0.2) is 33.3 Å². The molecule has 1 aromatic rings. The molecule has 1 heterocycles. The zero-order valence-electron chi connectivity index (χ0n) is 11.9. The fraction of sp³-hybridized carbons (Fsp3) is 0.615. The van der Waals surface area contributed by atoms with Gasteiger partial charge in [0, 0.05) is 17.8 Å². The molecule has 0 spiro atoms. The summed E-state index contributed by atoms with van der Waals surface area (Å²) >= 11 is 0. The number of carbonyl (C=O) groups excluding carboxylic acids is 1. The number of nitrogens with one attached hydrogen (secondary N) is 1. The van der Waals surface area contributed by atoms with Gasteiger partial charge in [0.1, 0.15) is 6.04 Å². The highest BCUT2D eigenvalue weighted by Gasteiger charge is 2.21. The zero-order valence-corrected chi connectivity index (χ0v) is 11.9. The van der Waals surface area contributed by atoms with Crippen molar-refractivity contribution in [2.45, 2.75) is 46.6 Å². The first kappa shape index (κ1) is 15.2. The number of aryl methyl sites for hydroxylation is 1. The van der Waals surface area contributed by atoms with Crippen LogP contribution in [0.25, 0.3) is 0 Å². The fourth-order valence-corrected chi connectivity index (χ4v) is 1.99. The Labute approximate surface area is 112 Å². The SMILES string of the molecule is CCCNC(=O)C(C)n1nc(C)c(CC(=O)O)c1C. The van der Waals surface area contributed by atoms with E-state index in [-0.39, 0.29) is 12.3 Å². The molecule has 0 saturated carbocycles. The number of hydrogen-bond acceptors (Lipinski definition) is 3. The number of carbonyl (C=O) groups is 2. The van der Waals surface area contributed by atoms with Crippen molar-refractivity contribution in [2.75, 3.05) is 6.54 Å². The van der Waals surface area contributed by atoms with Crippen LogP contribution >= 0.6 is 0 Å². The van der Waals surface area contributed by atoms with E-state index in [0.29, 0.717) is 17.8 Å². The van der Waals surface area contributed by atoms with Gasteiger partial charge < -0.3 is 10.4 Å². The minimum absolute atomic E-state index is 0.0685. The van der Waals surface area contributed by atoms with Crippen LogP contribution in [0.3, 0.4) is 0 Å². The Balaban J connectivity index is 2.95. The molecular weight excluding hydrogens is 246 g/mol. The minimum atomic E-state index is -0.895. The Morgan fingerprint density at radius 2 is 2.05 bits per heavy atom. The van der Waals surface area contributed by atoms with Crippen LogP contribution in [0.2, 0.25) is 0 Å². The van der Waals surface area contributed by atoms with E-state index in [0.717, 1.165) is 12.1 Å². The van der Waals surface area contributed by atoms with Crippen molar-refractivity contribution in [1.82, 2.24) is 15.1 Å². The Morgan fingerprint density at radius 3 is 2.58 bits per heavy atom. The molecule has 0 aliphatic carbocycles. The molecule has 1 unspecified atom stereocenters. The third-order valence-corrected chi connectivity index (χ3v) is 3.10. The van der Waals surface area contributed by atoms with Crippen molar-refractivity contribution in [3.63, 3.8) is 0 Å². The third kappa shape index (κ3) is 3.56. The molecule has 0 bridgehead atoms. The summed E-state index contributed by atoms with van der Waals surface area (Å²) in [5.74, 6) is -0.997. The summed E-state index contributed by atoms with van der Waals surface area (Å²) < 4.78 is 1.60. The lowest BCUT2D eigenvalue weighted by Gasteiger charge is -2.14. The van der Waals surface area contributed by atoms with E-state index in [1.165, 1.54) is 0 Å². The second-order valence-electron chi connectivity index (χ2n) is 4.63. The van der Waals surface area contributed by atoms with Gasteiger partial charge in [-0.05, 0) is 27.2 Å². The molecule has 1 rings (SSSR count). The van der Waals surface area contributed by atoms with Crippen molar-refractivity contribution >= 4 is 11.9 Å². The predicted octanol–water partition coefficient (Wildman–Crippen LogP) is 1.21. The van der Waals surface area contributed by atoms with Crippen LogP contribution < -0.4 is 5.32 Å². The van der Waals surface area contributed by atoms with Gasteiger partial charge in [0.2, 0.25) is 5.91 Å². The Hall–Kier alpha value is -1.85. The molecule has 0 aliphatic rings. The van der Waals surface area contributed by atoms with Crippen LogP contribution in [0.1, 0.15) is 43.3 Å². The van der Waals surface area contributed by atoms with Crippen molar-refractivity contribution < 1.29 is 14.7 Å². The number of hydrogen-bond donors (Lipinski definition) is 2. The van der Waals surface area contributed by atoms with Crippen LogP contribution in [-0.2, 0) is 16.0 Å². The summed E-state index contributed by atoms with van der Waals surface area (Å²) in [6.07, 6.45) is 0.806. The number of carboxylic acid groups (broad SMARTS) is 1. The molecule has 0 aliphatic heterocycles. The van der Waals surface area contributed by atoms with Gasteiger partial charge in [-0.3, -0.25) is 14.3 Å². The smallest absolute Gasteiger partial charge is 0.307 e. The Morgan fingerprint density at radius 1 is 1.42 bits per heavy atom. The maximum absolute atomic E-state index is 11.9. The second-order valence-corrected chi connectivity index (χ2v) is 4.63. The zero-order chi connectivity index (χ0) is 14.6. The quantitative estimate of drug-likeness (QED) is 0.811. The van der Waals surface area contributed by atoms with Crippen molar-refractivity contribution in [3.8, 4) is 0 Å². The average Bonchev–Trinajstić information content (AvgIpc) is 2.62. The van der Waals surface area contributed by atoms with Crippen LogP contribution in [0.5, 0.6) is 0 Å². The molecule has 0 saturated heterocycles. The first-order valence-corrected chi connectivity index (χ1v) is 6.42. The van der Waals surface area contributed by atoms with E-state index in [1.54, 1.807) is 25.5 Å². The maximum atomic E-state index is 11.9. The van der Waals surface area contributed by atoms with Gasteiger partial charge in [-0.15, -0.1) is 0 Å². The standard InChI is InChI=1S/C13H21N3O3/c1-5-6-14-13(19)10(4)16-9(3)11(7-12(17)18)8(2)15-16/h10H,5-7H2,1-4H3,(H,14,19)(H,17,18). The van der Waals surface area contributed by atoms with Crippen LogP contribution in [0.15, 0.2) is 0 Å². The molecule has 1 aromatic heterocycles.